The Morgan fingerprint density at radius 2 is 1.33 bits per heavy atom. The Morgan fingerprint density at radius 3 is 1.96 bits per heavy atom. The summed E-state index contributed by atoms with van der Waals surface area (Å²) in [7, 11) is 1.70. The van der Waals surface area contributed by atoms with Crippen LogP contribution in [0.15, 0.2) is 60.8 Å². The van der Waals surface area contributed by atoms with Gasteiger partial charge >= 0.3 is 33.9 Å². The molecule has 0 N–H and O–H groups in total. The van der Waals surface area contributed by atoms with E-state index in [0.717, 1.165) is 11.4 Å². The Bertz CT molecular complexity index is 776. The van der Waals surface area contributed by atoms with E-state index >= 15 is 0 Å². The van der Waals surface area contributed by atoms with Gasteiger partial charge in [0.2, 0.25) is 0 Å². The number of ether oxygens (including phenoxy) is 1. The van der Waals surface area contributed by atoms with Crippen molar-refractivity contribution in [3.05, 3.63) is 80.7 Å². The summed E-state index contributed by atoms with van der Waals surface area (Å²) in [5.74, 6) is 0.883. The molecule has 0 atom stereocenters. The van der Waals surface area contributed by atoms with Crippen LogP contribution in [0.5, 0.6) is 5.75 Å². The van der Waals surface area contributed by atoms with E-state index in [-0.39, 0.29) is 17.4 Å². The topological polar surface area (TPSA) is 73.9 Å². The van der Waals surface area contributed by atoms with Crippen molar-refractivity contribution >= 4 is 10.9 Å². The molecule has 0 bridgehead atoms. The van der Waals surface area contributed by atoms with Gasteiger partial charge in [-0.3, -0.25) is 0 Å². The number of methoxy groups -OCH3 is 1. The van der Waals surface area contributed by atoms with E-state index in [1.165, 1.54) is 10.9 Å². The third kappa shape index (κ3) is 5.63. The molecule has 0 saturated carbocycles. The Labute approximate surface area is 151 Å². The van der Waals surface area contributed by atoms with Crippen molar-refractivity contribution < 1.29 is 36.1 Å². The van der Waals surface area contributed by atoms with Crippen LogP contribution in [0, 0.1) is 20.0 Å². The normalized spacial score (nSPS) is 7.79. The largest absolute Gasteiger partial charge is 0 e. The predicted molar refractivity (Wildman–Crippen MR) is 81.6 cm³/mol. The molecule has 2 aromatic carbocycles. The first kappa shape index (κ1) is 23.8. The van der Waals surface area contributed by atoms with E-state index in [0.29, 0.717) is 0 Å². The van der Waals surface area contributed by atoms with Crippen molar-refractivity contribution in [1.29, 1.82) is 0 Å². The maximum Gasteiger partial charge on any atom is 0 e. The van der Waals surface area contributed by atoms with Crippen molar-refractivity contribution in [3.8, 4) is 11.4 Å². The Kier molecular flexibility index (Phi) is 14.0. The van der Waals surface area contributed by atoms with Crippen molar-refractivity contribution in [2.75, 3.05) is 7.11 Å². The Morgan fingerprint density at radius 1 is 0.792 bits per heavy atom. The molecule has 0 aliphatic rings. The fourth-order valence-electron chi connectivity index (χ4n) is 2.12. The molecular formula is C18H13CrNO4. The molecule has 3 aromatic rings. The smallest absolute Gasteiger partial charge is 0 e. The first-order valence-corrected chi connectivity index (χ1v) is 6.21. The number of hydrogen-bond acceptors (Lipinski definition) is 1. The van der Waals surface area contributed by atoms with E-state index in [1.807, 2.05) is 24.3 Å². The summed E-state index contributed by atoms with van der Waals surface area (Å²) in [6.07, 6.45) is 2.07. The molecular weight excluding hydrogens is 346 g/mol. The van der Waals surface area contributed by atoms with Gasteiger partial charge in [0.25, 0.3) is 0 Å². The van der Waals surface area contributed by atoms with Crippen LogP contribution in [-0.2, 0) is 31.3 Å². The molecule has 0 amide bonds. The SMILES string of the molecule is COc1ccccc1-n1ccc2ccccc21.[C-]#[O+].[C-]#[O+].[C-]#[O+].[Cr]. The molecule has 0 radical (unpaired) electrons. The second-order valence-electron chi connectivity index (χ2n) is 3.92. The summed E-state index contributed by atoms with van der Waals surface area (Å²) in [6, 6.07) is 18.5. The molecule has 3 rings (SSSR count). The molecule has 120 valence electrons. The minimum Gasteiger partial charge on any atom is 0 e. The average molecular weight is 359 g/mol. The van der Waals surface area contributed by atoms with Gasteiger partial charge in [-0.2, -0.15) is 0 Å². The van der Waals surface area contributed by atoms with Crippen molar-refractivity contribution in [2.45, 2.75) is 0 Å². The second kappa shape index (κ2) is 14.1. The monoisotopic (exact) mass is 359 g/mol. The fourth-order valence-corrected chi connectivity index (χ4v) is 2.12. The predicted octanol–water partition coefficient (Wildman–Crippen LogP) is 3.52. The van der Waals surface area contributed by atoms with Crippen LogP contribution in [0.3, 0.4) is 0 Å². The van der Waals surface area contributed by atoms with E-state index in [4.69, 9.17) is 18.7 Å². The molecule has 0 spiro atoms. The zero-order valence-corrected chi connectivity index (χ0v) is 14.0. The average Bonchev–Trinajstić information content (AvgIpc) is 3.10. The van der Waals surface area contributed by atoms with Crippen LogP contribution in [0.1, 0.15) is 0 Å². The number of rotatable bonds is 2. The first-order chi connectivity index (χ1) is 11.4. The maximum atomic E-state index is 7.50. The quantitative estimate of drug-likeness (QED) is 0.510. The Balaban J connectivity index is 0. The van der Waals surface area contributed by atoms with Crippen LogP contribution in [-0.4, -0.2) is 11.7 Å². The fraction of sp³-hybridized carbons (Fsp3) is 0.0556. The zero-order chi connectivity index (χ0) is 17.7. The van der Waals surface area contributed by atoms with Gasteiger partial charge in [0.1, 0.15) is 5.75 Å². The molecule has 1 aromatic heterocycles. The van der Waals surface area contributed by atoms with Gasteiger partial charge in [0.05, 0.1) is 18.3 Å². The number of para-hydroxylation sites is 3. The first-order valence-electron chi connectivity index (χ1n) is 6.21. The summed E-state index contributed by atoms with van der Waals surface area (Å²) in [5, 5.41) is 1.23. The molecule has 1 heterocycles. The second-order valence-corrected chi connectivity index (χ2v) is 3.92. The molecule has 0 aliphatic heterocycles. The minimum absolute atomic E-state index is 0. The van der Waals surface area contributed by atoms with Gasteiger partial charge in [0, 0.05) is 23.6 Å². The summed E-state index contributed by atoms with van der Waals surface area (Å²) in [4.78, 5) is 0. The van der Waals surface area contributed by atoms with Gasteiger partial charge < -0.3 is 9.30 Å². The standard InChI is InChI=1S/C15H13NO.3CO.Cr/c1-17-15-9-5-4-8-14(15)16-11-10-12-6-2-3-7-13(12)16;3*1-2;/h2-11H,1H3;;;;. The number of nitrogens with zero attached hydrogens (tertiary/aromatic N) is 1. The molecule has 0 fully saturated rings. The maximum absolute atomic E-state index is 7.50. The van der Waals surface area contributed by atoms with Gasteiger partial charge in [-0.15, -0.1) is 0 Å². The van der Waals surface area contributed by atoms with Gasteiger partial charge in [-0.05, 0) is 29.7 Å². The van der Waals surface area contributed by atoms with E-state index in [2.05, 4.69) is 61.0 Å². The third-order valence-corrected chi connectivity index (χ3v) is 2.94. The van der Waals surface area contributed by atoms with Crippen molar-refractivity contribution in [3.63, 3.8) is 0 Å². The summed E-state index contributed by atoms with van der Waals surface area (Å²) < 4.78 is 30.0. The minimum atomic E-state index is 0. The Hall–Kier alpha value is -2.47. The molecule has 6 heteroatoms. The molecule has 0 aliphatic carbocycles. The molecule has 0 unspecified atom stereocenters. The van der Waals surface area contributed by atoms with Crippen molar-refractivity contribution in [1.82, 2.24) is 4.57 Å². The summed E-state index contributed by atoms with van der Waals surface area (Å²) >= 11 is 0. The number of aromatic nitrogens is 1. The summed E-state index contributed by atoms with van der Waals surface area (Å²) in [5.41, 5.74) is 2.26. The van der Waals surface area contributed by atoms with E-state index in [1.54, 1.807) is 7.11 Å². The van der Waals surface area contributed by atoms with Crippen molar-refractivity contribution in [2.24, 2.45) is 0 Å². The van der Waals surface area contributed by atoms with Gasteiger partial charge in [-0.25, -0.2) is 0 Å². The number of benzene rings is 2. The van der Waals surface area contributed by atoms with E-state index in [9.17, 15) is 0 Å². The van der Waals surface area contributed by atoms with Crippen LogP contribution in [0.25, 0.3) is 16.6 Å². The molecule has 24 heavy (non-hydrogen) atoms. The van der Waals surface area contributed by atoms with Crippen LogP contribution >= 0.6 is 0 Å². The number of hydrogen-bond donors (Lipinski definition) is 0. The van der Waals surface area contributed by atoms with Crippen LogP contribution in [0.4, 0.5) is 0 Å². The molecule has 5 nitrogen and oxygen atoms in total. The van der Waals surface area contributed by atoms with Crippen LogP contribution in [0.2, 0.25) is 0 Å². The van der Waals surface area contributed by atoms with Gasteiger partial charge in [-0.1, -0.05) is 30.3 Å². The number of fused-ring (bicyclic) bond motifs is 1. The third-order valence-electron chi connectivity index (χ3n) is 2.94. The van der Waals surface area contributed by atoms with Crippen LogP contribution < -0.4 is 4.74 Å². The summed E-state index contributed by atoms with van der Waals surface area (Å²) in [6.45, 7) is 13.5. The van der Waals surface area contributed by atoms with E-state index < -0.39 is 0 Å². The molecule has 0 saturated heterocycles. The van der Waals surface area contributed by atoms with Gasteiger partial charge in [0.15, 0.2) is 0 Å². The zero-order valence-electron chi connectivity index (χ0n) is 12.8.